The molecule has 0 bridgehead atoms. The molecule has 5 heteroatoms. The van der Waals surface area contributed by atoms with E-state index in [0.717, 1.165) is 32.5 Å². The molecular weight excluding hydrogens is 308 g/mol. The van der Waals surface area contributed by atoms with E-state index in [1.165, 1.54) is 10.4 Å². The van der Waals surface area contributed by atoms with Crippen molar-refractivity contribution in [3.05, 3.63) is 51.7 Å². The number of nitrogens with zero attached hydrogens (tertiary/aromatic N) is 1. The van der Waals surface area contributed by atoms with Gasteiger partial charge in [0.25, 0.3) is 5.91 Å². The number of carbonyl (C=O) groups excluding carboxylic acids is 1. The third-order valence-electron chi connectivity index (χ3n) is 4.78. The zero-order valence-corrected chi connectivity index (χ0v) is 14.0. The van der Waals surface area contributed by atoms with Gasteiger partial charge in [-0.1, -0.05) is 12.1 Å². The zero-order chi connectivity index (χ0) is 15.9. The van der Waals surface area contributed by atoms with Crippen LogP contribution in [-0.4, -0.2) is 29.6 Å². The molecule has 0 radical (unpaired) electrons. The Morgan fingerprint density at radius 2 is 2.04 bits per heavy atom. The summed E-state index contributed by atoms with van der Waals surface area (Å²) in [5.41, 5.74) is 1.47. The van der Waals surface area contributed by atoms with Gasteiger partial charge in [-0.05, 0) is 36.1 Å². The molecule has 2 aliphatic heterocycles. The molecule has 2 aliphatic rings. The highest BCUT2D eigenvalue weighted by atomic mass is 32.1. The van der Waals surface area contributed by atoms with Gasteiger partial charge in [0.2, 0.25) is 0 Å². The summed E-state index contributed by atoms with van der Waals surface area (Å²) in [6.07, 6.45) is 1.63. The smallest absolute Gasteiger partial charge is 0.258 e. The van der Waals surface area contributed by atoms with Crippen molar-refractivity contribution < 1.29 is 9.53 Å². The molecule has 1 amide bonds. The van der Waals surface area contributed by atoms with Crippen LogP contribution in [0.4, 0.5) is 0 Å². The lowest BCUT2D eigenvalue weighted by Crippen LogP contribution is -2.60. The second-order valence-electron chi connectivity index (χ2n) is 6.35. The molecule has 0 unspecified atom stereocenters. The Morgan fingerprint density at radius 1 is 1.26 bits per heavy atom. The maximum absolute atomic E-state index is 12.3. The van der Waals surface area contributed by atoms with Crippen LogP contribution in [0, 0.1) is 6.92 Å². The van der Waals surface area contributed by atoms with E-state index in [2.05, 4.69) is 28.6 Å². The van der Waals surface area contributed by atoms with Crippen molar-refractivity contribution in [2.75, 3.05) is 13.1 Å². The van der Waals surface area contributed by atoms with Gasteiger partial charge in [0.15, 0.2) is 5.72 Å². The van der Waals surface area contributed by atoms with Gasteiger partial charge in [0.05, 0.1) is 5.56 Å². The van der Waals surface area contributed by atoms with E-state index in [1.807, 2.05) is 35.6 Å². The maximum atomic E-state index is 12.3. The Labute approximate surface area is 140 Å². The minimum atomic E-state index is -0.535. The van der Waals surface area contributed by atoms with Crippen LogP contribution in [0.15, 0.2) is 35.7 Å². The Hall–Kier alpha value is -1.85. The second kappa shape index (κ2) is 5.65. The normalized spacial score (nSPS) is 20.0. The fraction of sp³-hybridized carbons (Fsp3) is 0.389. The number of benzene rings is 1. The highest BCUT2D eigenvalue weighted by Gasteiger charge is 2.42. The van der Waals surface area contributed by atoms with Gasteiger partial charge in [0.1, 0.15) is 5.75 Å². The molecule has 1 spiro atoms. The Morgan fingerprint density at radius 3 is 2.78 bits per heavy atom. The summed E-state index contributed by atoms with van der Waals surface area (Å²) in [5.74, 6) is 0.688. The number of thiophene rings is 1. The first-order valence-electron chi connectivity index (χ1n) is 8.01. The Bertz CT molecular complexity index is 732. The zero-order valence-electron chi connectivity index (χ0n) is 13.2. The molecular formula is C18H20N2O2S. The summed E-state index contributed by atoms with van der Waals surface area (Å²) >= 11 is 1.82. The summed E-state index contributed by atoms with van der Waals surface area (Å²) in [7, 11) is 0. The number of amides is 1. The van der Waals surface area contributed by atoms with Gasteiger partial charge >= 0.3 is 0 Å². The van der Waals surface area contributed by atoms with Crippen molar-refractivity contribution in [1.29, 1.82) is 0 Å². The molecule has 1 aromatic heterocycles. The van der Waals surface area contributed by atoms with Crippen LogP contribution in [0.5, 0.6) is 5.75 Å². The topological polar surface area (TPSA) is 41.6 Å². The minimum absolute atomic E-state index is 0.0191. The van der Waals surface area contributed by atoms with Gasteiger partial charge in [-0.25, -0.2) is 0 Å². The molecule has 0 aliphatic carbocycles. The summed E-state index contributed by atoms with van der Waals surface area (Å²) in [6.45, 7) is 5.02. The number of ether oxygens (including phenoxy) is 1. The fourth-order valence-corrected chi connectivity index (χ4v) is 4.27. The van der Waals surface area contributed by atoms with Crippen molar-refractivity contribution in [3.63, 3.8) is 0 Å². The molecule has 1 N–H and O–H groups in total. The molecule has 1 fully saturated rings. The monoisotopic (exact) mass is 328 g/mol. The number of hydrogen-bond acceptors (Lipinski definition) is 4. The third kappa shape index (κ3) is 2.75. The van der Waals surface area contributed by atoms with Crippen molar-refractivity contribution in [2.45, 2.75) is 32.0 Å². The second-order valence-corrected chi connectivity index (χ2v) is 7.35. The lowest BCUT2D eigenvalue weighted by atomic mass is 9.97. The summed E-state index contributed by atoms with van der Waals surface area (Å²) in [6, 6.07) is 9.65. The van der Waals surface area contributed by atoms with Crippen molar-refractivity contribution in [3.8, 4) is 5.75 Å². The quantitative estimate of drug-likeness (QED) is 0.921. The summed E-state index contributed by atoms with van der Waals surface area (Å²) in [5, 5.41) is 5.24. The van der Waals surface area contributed by atoms with E-state index in [9.17, 15) is 4.79 Å². The van der Waals surface area contributed by atoms with E-state index in [-0.39, 0.29) is 5.91 Å². The number of para-hydroxylation sites is 1. The number of likely N-dealkylation sites (tertiary alicyclic amines) is 1. The van der Waals surface area contributed by atoms with Gasteiger partial charge < -0.3 is 10.1 Å². The molecule has 1 aromatic carbocycles. The van der Waals surface area contributed by atoms with Crippen LogP contribution >= 0.6 is 11.3 Å². The van der Waals surface area contributed by atoms with E-state index >= 15 is 0 Å². The Balaban J connectivity index is 1.45. The molecule has 3 heterocycles. The van der Waals surface area contributed by atoms with Crippen LogP contribution in [0.2, 0.25) is 0 Å². The van der Waals surface area contributed by atoms with Crippen molar-refractivity contribution >= 4 is 17.2 Å². The predicted molar refractivity (Wildman–Crippen MR) is 90.8 cm³/mol. The highest BCUT2D eigenvalue weighted by Crippen LogP contribution is 2.34. The SMILES string of the molecule is Cc1ccsc1CN1CCC2(CC1)NC(=O)c1ccccc1O2. The highest BCUT2D eigenvalue weighted by molar-refractivity contribution is 7.10. The Kier molecular flexibility index (Phi) is 3.62. The first-order valence-corrected chi connectivity index (χ1v) is 8.89. The van der Waals surface area contributed by atoms with Crippen LogP contribution < -0.4 is 10.1 Å². The number of carbonyl (C=O) groups is 1. The minimum Gasteiger partial charge on any atom is -0.467 e. The third-order valence-corrected chi connectivity index (χ3v) is 5.79. The number of aryl methyl sites for hydroxylation is 1. The molecule has 4 nitrogen and oxygen atoms in total. The average Bonchev–Trinajstić information content (AvgIpc) is 2.95. The summed E-state index contributed by atoms with van der Waals surface area (Å²) in [4.78, 5) is 16.2. The van der Waals surface area contributed by atoms with Gasteiger partial charge in [0, 0.05) is 37.4 Å². The molecule has 23 heavy (non-hydrogen) atoms. The number of fused-ring (bicyclic) bond motifs is 1. The molecule has 1 saturated heterocycles. The van der Waals surface area contributed by atoms with E-state index in [0.29, 0.717) is 11.3 Å². The average molecular weight is 328 g/mol. The maximum Gasteiger partial charge on any atom is 0.258 e. The molecule has 120 valence electrons. The number of rotatable bonds is 2. The predicted octanol–water partition coefficient (Wildman–Crippen LogP) is 3.17. The number of hydrogen-bond donors (Lipinski definition) is 1. The van der Waals surface area contributed by atoms with Gasteiger partial charge in [-0.15, -0.1) is 11.3 Å². The largest absolute Gasteiger partial charge is 0.467 e. The number of nitrogens with one attached hydrogen (secondary N) is 1. The number of piperidine rings is 1. The lowest BCUT2D eigenvalue weighted by Gasteiger charge is -2.44. The molecule has 0 atom stereocenters. The standard InChI is InChI=1S/C18H20N2O2S/c1-13-6-11-23-16(13)12-20-9-7-18(8-10-20)19-17(21)14-4-2-3-5-15(14)22-18/h2-6,11H,7-10,12H2,1H3,(H,19,21). The first kappa shape index (κ1) is 14.7. The van der Waals surface area contributed by atoms with Gasteiger partial charge in [-0.3, -0.25) is 9.69 Å². The lowest BCUT2D eigenvalue weighted by molar-refractivity contribution is -0.0302. The molecule has 0 saturated carbocycles. The fourth-order valence-electron chi connectivity index (χ4n) is 3.32. The first-order chi connectivity index (χ1) is 11.2. The van der Waals surface area contributed by atoms with Crippen LogP contribution in [0.25, 0.3) is 0 Å². The van der Waals surface area contributed by atoms with Crippen LogP contribution in [0.1, 0.15) is 33.6 Å². The van der Waals surface area contributed by atoms with E-state index in [1.54, 1.807) is 0 Å². The van der Waals surface area contributed by atoms with E-state index < -0.39 is 5.72 Å². The van der Waals surface area contributed by atoms with Crippen molar-refractivity contribution in [2.24, 2.45) is 0 Å². The van der Waals surface area contributed by atoms with Crippen LogP contribution in [0.3, 0.4) is 0 Å². The summed E-state index contributed by atoms with van der Waals surface area (Å²) < 4.78 is 6.18. The van der Waals surface area contributed by atoms with E-state index in [4.69, 9.17) is 4.74 Å². The molecule has 4 rings (SSSR count). The van der Waals surface area contributed by atoms with Crippen molar-refractivity contribution in [1.82, 2.24) is 10.2 Å². The van der Waals surface area contributed by atoms with Gasteiger partial charge in [-0.2, -0.15) is 0 Å². The molecule has 2 aromatic rings. The van der Waals surface area contributed by atoms with Crippen LogP contribution in [-0.2, 0) is 6.54 Å².